The van der Waals surface area contributed by atoms with E-state index < -0.39 is 0 Å². The Morgan fingerprint density at radius 1 is 1.28 bits per heavy atom. The molecule has 2 aromatic heterocycles. The smallest absolute Gasteiger partial charge is 0.192 e. The van der Waals surface area contributed by atoms with Crippen LogP contribution in [-0.4, -0.2) is 40.5 Å². The van der Waals surface area contributed by atoms with Crippen molar-refractivity contribution in [3.8, 4) is 0 Å². The SMILES string of the molecule is CCOCCCNC(=NCc1nnc(C)n1C)NCc1ccc(C)s1. The van der Waals surface area contributed by atoms with E-state index in [2.05, 4.69) is 44.9 Å². The molecule has 0 aliphatic carbocycles. The monoisotopic (exact) mass is 364 g/mol. The van der Waals surface area contributed by atoms with Crippen molar-refractivity contribution in [2.24, 2.45) is 12.0 Å². The molecule has 7 nitrogen and oxygen atoms in total. The van der Waals surface area contributed by atoms with Crippen LogP contribution in [0.2, 0.25) is 0 Å². The topological polar surface area (TPSA) is 76.4 Å². The summed E-state index contributed by atoms with van der Waals surface area (Å²) in [5.41, 5.74) is 0. The van der Waals surface area contributed by atoms with Gasteiger partial charge < -0.3 is 19.9 Å². The molecular weight excluding hydrogens is 336 g/mol. The minimum atomic E-state index is 0.488. The molecule has 0 aliphatic heterocycles. The third-order valence-electron chi connectivity index (χ3n) is 3.75. The van der Waals surface area contributed by atoms with Gasteiger partial charge in [0.05, 0.1) is 6.54 Å². The van der Waals surface area contributed by atoms with Gasteiger partial charge in [0.15, 0.2) is 11.8 Å². The Hall–Kier alpha value is -1.93. The van der Waals surface area contributed by atoms with Gasteiger partial charge in [-0.05, 0) is 39.3 Å². The molecule has 0 aromatic carbocycles. The summed E-state index contributed by atoms with van der Waals surface area (Å²) in [5, 5.41) is 15.0. The highest BCUT2D eigenvalue weighted by Crippen LogP contribution is 2.14. The predicted molar refractivity (Wildman–Crippen MR) is 102 cm³/mol. The van der Waals surface area contributed by atoms with Crippen LogP contribution in [0.15, 0.2) is 17.1 Å². The molecule has 2 N–H and O–H groups in total. The van der Waals surface area contributed by atoms with Gasteiger partial charge in [0.2, 0.25) is 0 Å². The number of aryl methyl sites for hydroxylation is 2. The average molecular weight is 365 g/mol. The van der Waals surface area contributed by atoms with E-state index >= 15 is 0 Å². The molecule has 25 heavy (non-hydrogen) atoms. The van der Waals surface area contributed by atoms with Crippen LogP contribution in [0.5, 0.6) is 0 Å². The highest BCUT2D eigenvalue weighted by Gasteiger charge is 2.06. The minimum Gasteiger partial charge on any atom is -0.382 e. The van der Waals surface area contributed by atoms with Gasteiger partial charge in [0, 0.05) is 36.6 Å². The molecule has 0 radical (unpaired) electrons. The molecule has 138 valence electrons. The summed E-state index contributed by atoms with van der Waals surface area (Å²) in [6.45, 7) is 9.62. The highest BCUT2D eigenvalue weighted by molar-refractivity contribution is 7.11. The molecule has 0 saturated heterocycles. The molecule has 0 saturated carbocycles. The number of thiophene rings is 1. The number of aliphatic imine (C=N–C) groups is 1. The van der Waals surface area contributed by atoms with E-state index in [1.165, 1.54) is 9.75 Å². The van der Waals surface area contributed by atoms with Crippen LogP contribution in [-0.2, 0) is 24.9 Å². The Labute approximate surface area is 153 Å². The number of nitrogens with one attached hydrogen (secondary N) is 2. The second-order valence-corrected chi connectivity index (χ2v) is 7.10. The van der Waals surface area contributed by atoms with Crippen molar-refractivity contribution in [1.29, 1.82) is 0 Å². The summed E-state index contributed by atoms with van der Waals surface area (Å²) in [4.78, 5) is 7.24. The van der Waals surface area contributed by atoms with Crippen LogP contribution >= 0.6 is 11.3 Å². The maximum atomic E-state index is 5.37. The second kappa shape index (κ2) is 10.1. The minimum absolute atomic E-state index is 0.488. The molecule has 0 unspecified atom stereocenters. The van der Waals surface area contributed by atoms with Gasteiger partial charge >= 0.3 is 0 Å². The van der Waals surface area contributed by atoms with Crippen LogP contribution < -0.4 is 10.6 Å². The van der Waals surface area contributed by atoms with E-state index in [0.29, 0.717) is 6.54 Å². The Kier molecular flexibility index (Phi) is 7.87. The molecule has 2 rings (SSSR count). The number of aromatic nitrogens is 3. The van der Waals surface area contributed by atoms with Crippen LogP contribution in [0.3, 0.4) is 0 Å². The third-order valence-corrected chi connectivity index (χ3v) is 4.75. The van der Waals surface area contributed by atoms with Crippen molar-refractivity contribution >= 4 is 17.3 Å². The van der Waals surface area contributed by atoms with Crippen molar-refractivity contribution in [2.75, 3.05) is 19.8 Å². The molecular formula is C17H28N6OS. The first-order valence-corrected chi connectivity index (χ1v) is 9.42. The van der Waals surface area contributed by atoms with E-state index in [1.807, 2.05) is 25.5 Å². The number of guanidine groups is 1. The largest absolute Gasteiger partial charge is 0.382 e. The Bertz CT molecular complexity index is 678. The normalized spacial score (nSPS) is 11.8. The molecule has 0 amide bonds. The Morgan fingerprint density at radius 3 is 2.76 bits per heavy atom. The first-order valence-electron chi connectivity index (χ1n) is 8.60. The van der Waals surface area contributed by atoms with Gasteiger partial charge in [-0.25, -0.2) is 4.99 Å². The third kappa shape index (κ3) is 6.47. The van der Waals surface area contributed by atoms with Crippen molar-refractivity contribution in [1.82, 2.24) is 25.4 Å². The molecule has 0 spiro atoms. The summed E-state index contributed by atoms with van der Waals surface area (Å²) in [5.74, 6) is 2.52. The van der Waals surface area contributed by atoms with Crippen molar-refractivity contribution in [3.63, 3.8) is 0 Å². The lowest BCUT2D eigenvalue weighted by Gasteiger charge is -2.12. The number of nitrogens with zero attached hydrogens (tertiary/aromatic N) is 4. The Balaban J connectivity index is 1.92. The number of hydrogen-bond acceptors (Lipinski definition) is 5. The maximum absolute atomic E-state index is 5.37. The molecule has 2 aromatic rings. The van der Waals surface area contributed by atoms with Gasteiger partial charge in [-0.3, -0.25) is 0 Å². The molecule has 0 aliphatic rings. The van der Waals surface area contributed by atoms with Gasteiger partial charge in [0.1, 0.15) is 12.4 Å². The fraction of sp³-hybridized carbons (Fsp3) is 0.588. The van der Waals surface area contributed by atoms with E-state index in [1.54, 1.807) is 11.3 Å². The quantitative estimate of drug-likeness (QED) is 0.405. The summed E-state index contributed by atoms with van der Waals surface area (Å²) in [6.07, 6.45) is 0.940. The number of hydrogen-bond donors (Lipinski definition) is 2. The van der Waals surface area contributed by atoms with Crippen LogP contribution in [0.4, 0.5) is 0 Å². The standard InChI is InChI=1S/C17H28N6OS/c1-5-24-10-6-9-18-17(19-11-15-8-7-13(2)25-15)20-12-16-22-21-14(3)23(16)4/h7-8H,5-6,9-12H2,1-4H3,(H2,18,19,20). The van der Waals surface area contributed by atoms with Crippen molar-refractivity contribution < 1.29 is 4.74 Å². The number of rotatable bonds is 9. The van der Waals surface area contributed by atoms with E-state index in [-0.39, 0.29) is 0 Å². The Morgan fingerprint density at radius 2 is 2.12 bits per heavy atom. The van der Waals surface area contributed by atoms with Crippen molar-refractivity contribution in [3.05, 3.63) is 33.5 Å². The first-order chi connectivity index (χ1) is 12.1. The molecule has 8 heteroatoms. The summed E-state index contributed by atoms with van der Waals surface area (Å²) < 4.78 is 7.33. The zero-order chi connectivity index (χ0) is 18.1. The maximum Gasteiger partial charge on any atom is 0.192 e. The zero-order valence-electron chi connectivity index (χ0n) is 15.5. The van der Waals surface area contributed by atoms with Gasteiger partial charge in [0.25, 0.3) is 0 Å². The molecule has 0 fully saturated rings. The molecule has 2 heterocycles. The van der Waals surface area contributed by atoms with Crippen LogP contribution in [0.25, 0.3) is 0 Å². The summed E-state index contributed by atoms with van der Waals surface area (Å²) in [7, 11) is 1.96. The fourth-order valence-corrected chi connectivity index (χ4v) is 3.02. The lowest BCUT2D eigenvalue weighted by atomic mass is 10.4. The van der Waals surface area contributed by atoms with Gasteiger partial charge in [-0.2, -0.15) is 0 Å². The van der Waals surface area contributed by atoms with E-state index in [0.717, 1.165) is 50.3 Å². The second-order valence-electron chi connectivity index (χ2n) is 5.73. The lowest BCUT2D eigenvalue weighted by molar-refractivity contribution is 0.145. The molecule has 0 bridgehead atoms. The highest BCUT2D eigenvalue weighted by atomic mass is 32.1. The zero-order valence-corrected chi connectivity index (χ0v) is 16.3. The van der Waals surface area contributed by atoms with E-state index in [9.17, 15) is 0 Å². The summed E-state index contributed by atoms with van der Waals surface area (Å²) in [6, 6.07) is 4.28. The summed E-state index contributed by atoms with van der Waals surface area (Å²) >= 11 is 1.79. The average Bonchev–Trinajstić information content (AvgIpc) is 3.16. The van der Waals surface area contributed by atoms with Crippen molar-refractivity contribution in [2.45, 2.75) is 40.3 Å². The van der Waals surface area contributed by atoms with Crippen LogP contribution in [0.1, 0.15) is 34.7 Å². The number of ether oxygens (including phenoxy) is 1. The fourth-order valence-electron chi connectivity index (χ4n) is 2.19. The van der Waals surface area contributed by atoms with E-state index in [4.69, 9.17) is 4.74 Å². The van der Waals surface area contributed by atoms with Gasteiger partial charge in [-0.15, -0.1) is 21.5 Å². The predicted octanol–water partition coefficient (Wildman–Crippen LogP) is 2.16. The van der Waals surface area contributed by atoms with Crippen LogP contribution in [0, 0.1) is 13.8 Å². The lowest BCUT2D eigenvalue weighted by Crippen LogP contribution is -2.37. The molecule has 0 atom stereocenters. The van der Waals surface area contributed by atoms with Gasteiger partial charge in [-0.1, -0.05) is 0 Å². The first kappa shape index (κ1) is 19.4.